The Morgan fingerprint density at radius 1 is 1.44 bits per heavy atom. The van der Waals surface area contributed by atoms with Crippen molar-refractivity contribution >= 4 is 5.82 Å². The molecule has 0 saturated heterocycles. The van der Waals surface area contributed by atoms with Gasteiger partial charge in [0.05, 0.1) is 0 Å². The SMILES string of the molecule is Cc1cccnc1N(C)CCC(N)C(C)C. The lowest BCUT2D eigenvalue weighted by molar-refractivity contribution is 0.465. The Kier molecular flexibility index (Phi) is 4.74. The van der Waals surface area contributed by atoms with Gasteiger partial charge in [-0.1, -0.05) is 19.9 Å². The van der Waals surface area contributed by atoms with Crippen LogP contribution < -0.4 is 10.6 Å². The van der Waals surface area contributed by atoms with E-state index < -0.39 is 0 Å². The summed E-state index contributed by atoms with van der Waals surface area (Å²) >= 11 is 0. The van der Waals surface area contributed by atoms with Crippen LogP contribution in [0.3, 0.4) is 0 Å². The predicted octanol–water partition coefficient (Wildman–Crippen LogP) is 2.20. The van der Waals surface area contributed by atoms with Gasteiger partial charge < -0.3 is 10.6 Å². The maximum atomic E-state index is 6.03. The van der Waals surface area contributed by atoms with Crippen LogP contribution in [0, 0.1) is 12.8 Å². The zero-order chi connectivity index (χ0) is 12.1. The van der Waals surface area contributed by atoms with Crippen LogP contribution in [0.25, 0.3) is 0 Å². The summed E-state index contributed by atoms with van der Waals surface area (Å²) < 4.78 is 0. The lowest BCUT2D eigenvalue weighted by atomic mass is 10.0. The molecule has 0 spiro atoms. The molecule has 1 rings (SSSR count). The molecular formula is C13H23N3. The van der Waals surface area contributed by atoms with Crippen molar-refractivity contribution in [3.05, 3.63) is 23.9 Å². The van der Waals surface area contributed by atoms with Gasteiger partial charge in [0.2, 0.25) is 0 Å². The summed E-state index contributed by atoms with van der Waals surface area (Å²) in [4.78, 5) is 6.56. The van der Waals surface area contributed by atoms with Crippen LogP contribution in [-0.4, -0.2) is 24.6 Å². The molecule has 0 radical (unpaired) electrons. The van der Waals surface area contributed by atoms with Gasteiger partial charge in [-0.05, 0) is 30.9 Å². The smallest absolute Gasteiger partial charge is 0.131 e. The van der Waals surface area contributed by atoms with Crippen LogP contribution in [0.15, 0.2) is 18.3 Å². The molecule has 90 valence electrons. The Morgan fingerprint density at radius 3 is 2.69 bits per heavy atom. The molecule has 3 heteroatoms. The van der Waals surface area contributed by atoms with Crippen LogP contribution in [-0.2, 0) is 0 Å². The van der Waals surface area contributed by atoms with Gasteiger partial charge in [-0.25, -0.2) is 4.98 Å². The number of hydrogen-bond donors (Lipinski definition) is 1. The molecular weight excluding hydrogens is 198 g/mol. The number of pyridine rings is 1. The monoisotopic (exact) mass is 221 g/mol. The fourth-order valence-electron chi connectivity index (χ4n) is 1.66. The van der Waals surface area contributed by atoms with Gasteiger partial charge in [-0.3, -0.25) is 0 Å². The molecule has 0 amide bonds. The van der Waals surface area contributed by atoms with Gasteiger partial charge in [0.25, 0.3) is 0 Å². The third-order valence-electron chi connectivity index (χ3n) is 3.00. The number of nitrogens with two attached hydrogens (primary N) is 1. The highest BCUT2D eigenvalue weighted by atomic mass is 15.2. The average molecular weight is 221 g/mol. The number of nitrogens with zero attached hydrogens (tertiary/aromatic N) is 2. The Hall–Kier alpha value is -1.09. The van der Waals surface area contributed by atoms with Gasteiger partial charge in [0.1, 0.15) is 5.82 Å². The zero-order valence-corrected chi connectivity index (χ0v) is 10.8. The van der Waals surface area contributed by atoms with E-state index in [0.29, 0.717) is 5.92 Å². The van der Waals surface area contributed by atoms with Gasteiger partial charge in [0.15, 0.2) is 0 Å². The van der Waals surface area contributed by atoms with Crippen molar-refractivity contribution in [2.24, 2.45) is 11.7 Å². The molecule has 0 fully saturated rings. The van der Waals surface area contributed by atoms with E-state index in [1.54, 1.807) is 0 Å². The maximum Gasteiger partial charge on any atom is 0.131 e. The summed E-state index contributed by atoms with van der Waals surface area (Å²) in [5.41, 5.74) is 7.25. The first-order chi connectivity index (χ1) is 7.52. The first kappa shape index (κ1) is 13.0. The first-order valence-electron chi connectivity index (χ1n) is 5.90. The molecule has 1 aromatic rings. The Bertz CT molecular complexity index is 323. The summed E-state index contributed by atoms with van der Waals surface area (Å²) in [7, 11) is 2.07. The molecule has 2 N–H and O–H groups in total. The van der Waals surface area contributed by atoms with Crippen LogP contribution in [0.5, 0.6) is 0 Å². The van der Waals surface area contributed by atoms with Crippen molar-refractivity contribution in [2.45, 2.75) is 33.2 Å². The van der Waals surface area contributed by atoms with E-state index in [1.165, 1.54) is 5.56 Å². The largest absolute Gasteiger partial charge is 0.359 e. The molecule has 0 bridgehead atoms. The van der Waals surface area contributed by atoms with Gasteiger partial charge >= 0.3 is 0 Å². The van der Waals surface area contributed by atoms with E-state index in [2.05, 4.69) is 43.8 Å². The number of aromatic nitrogens is 1. The second kappa shape index (κ2) is 5.85. The number of anilines is 1. The van der Waals surface area contributed by atoms with Crippen molar-refractivity contribution in [3.63, 3.8) is 0 Å². The van der Waals surface area contributed by atoms with Crippen molar-refractivity contribution in [1.29, 1.82) is 0 Å². The predicted molar refractivity (Wildman–Crippen MR) is 69.7 cm³/mol. The van der Waals surface area contributed by atoms with Gasteiger partial charge in [-0.2, -0.15) is 0 Å². The lowest BCUT2D eigenvalue weighted by Crippen LogP contribution is -2.32. The highest BCUT2D eigenvalue weighted by molar-refractivity contribution is 5.44. The van der Waals surface area contributed by atoms with Crippen molar-refractivity contribution in [2.75, 3.05) is 18.5 Å². The summed E-state index contributed by atoms with van der Waals surface area (Å²) in [6, 6.07) is 4.32. The first-order valence-corrected chi connectivity index (χ1v) is 5.90. The molecule has 0 aromatic carbocycles. The van der Waals surface area contributed by atoms with E-state index in [1.807, 2.05) is 12.3 Å². The Balaban J connectivity index is 2.53. The minimum atomic E-state index is 0.270. The zero-order valence-electron chi connectivity index (χ0n) is 10.8. The van der Waals surface area contributed by atoms with E-state index in [0.717, 1.165) is 18.8 Å². The third kappa shape index (κ3) is 3.49. The molecule has 1 atom stereocenters. The lowest BCUT2D eigenvalue weighted by Gasteiger charge is -2.23. The molecule has 0 saturated carbocycles. The number of rotatable bonds is 5. The van der Waals surface area contributed by atoms with Gasteiger partial charge in [0, 0.05) is 25.8 Å². The average Bonchev–Trinajstić information content (AvgIpc) is 2.25. The second-order valence-corrected chi connectivity index (χ2v) is 4.76. The van der Waals surface area contributed by atoms with Crippen molar-refractivity contribution in [1.82, 2.24) is 4.98 Å². The molecule has 1 aromatic heterocycles. The maximum absolute atomic E-state index is 6.03. The number of aryl methyl sites for hydroxylation is 1. The fraction of sp³-hybridized carbons (Fsp3) is 0.615. The molecule has 0 aliphatic carbocycles. The van der Waals surface area contributed by atoms with Crippen molar-refractivity contribution in [3.8, 4) is 0 Å². The minimum Gasteiger partial charge on any atom is -0.359 e. The topological polar surface area (TPSA) is 42.2 Å². The summed E-state index contributed by atoms with van der Waals surface area (Å²) in [5, 5.41) is 0. The van der Waals surface area contributed by atoms with Crippen LogP contribution in [0.4, 0.5) is 5.82 Å². The summed E-state index contributed by atoms with van der Waals surface area (Å²) in [5.74, 6) is 1.59. The third-order valence-corrected chi connectivity index (χ3v) is 3.00. The van der Waals surface area contributed by atoms with Crippen molar-refractivity contribution < 1.29 is 0 Å². The second-order valence-electron chi connectivity index (χ2n) is 4.76. The molecule has 1 unspecified atom stereocenters. The molecule has 0 aliphatic rings. The van der Waals surface area contributed by atoms with E-state index >= 15 is 0 Å². The highest BCUT2D eigenvalue weighted by Crippen LogP contribution is 2.15. The molecule has 16 heavy (non-hydrogen) atoms. The Morgan fingerprint density at radius 2 is 2.12 bits per heavy atom. The van der Waals surface area contributed by atoms with Crippen LogP contribution in [0.2, 0.25) is 0 Å². The minimum absolute atomic E-state index is 0.270. The molecule has 3 nitrogen and oxygen atoms in total. The Labute approximate surface area is 98.7 Å². The number of hydrogen-bond acceptors (Lipinski definition) is 3. The van der Waals surface area contributed by atoms with Crippen LogP contribution in [0.1, 0.15) is 25.8 Å². The quantitative estimate of drug-likeness (QED) is 0.829. The normalized spacial score (nSPS) is 12.9. The standard InChI is InChI=1S/C13H23N3/c1-10(2)12(14)7-9-16(4)13-11(3)6-5-8-15-13/h5-6,8,10,12H,7,9,14H2,1-4H3. The van der Waals surface area contributed by atoms with E-state index in [-0.39, 0.29) is 6.04 Å². The highest BCUT2D eigenvalue weighted by Gasteiger charge is 2.10. The van der Waals surface area contributed by atoms with Gasteiger partial charge in [-0.15, -0.1) is 0 Å². The summed E-state index contributed by atoms with van der Waals surface area (Å²) in [6.07, 6.45) is 2.84. The fourth-order valence-corrected chi connectivity index (χ4v) is 1.66. The molecule has 1 heterocycles. The van der Waals surface area contributed by atoms with E-state index in [9.17, 15) is 0 Å². The summed E-state index contributed by atoms with van der Waals surface area (Å²) in [6.45, 7) is 7.37. The van der Waals surface area contributed by atoms with E-state index in [4.69, 9.17) is 5.73 Å². The molecule has 0 aliphatic heterocycles. The van der Waals surface area contributed by atoms with Crippen LogP contribution >= 0.6 is 0 Å².